The van der Waals surface area contributed by atoms with Gasteiger partial charge in [0, 0.05) is 17.6 Å². The molecule has 0 amide bonds. The molecule has 2 aliphatic rings. The number of aliphatic hydroxyl groups is 1. The number of nitrogens with zero attached hydrogens (tertiary/aromatic N) is 1. The van der Waals surface area contributed by atoms with Crippen LogP contribution in [0.5, 0.6) is 11.5 Å². The molecule has 1 aromatic carbocycles. The van der Waals surface area contributed by atoms with E-state index in [0.717, 1.165) is 42.0 Å². The second-order valence-electron chi connectivity index (χ2n) is 5.61. The third-order valence-corrected chi connectivity index (χ3v) is 4.83. The molecule has 2 aliphatic heterocycles. The molecule has 5 heteroatoms. The average Bonchev–Trinajstić information content (AvgIpc) is 2.88. The number of hydrogen-bond acceptors (Lipinski definition) is 4. The van der Waals surface area contributed by atoms with Crippen LogP contribution in [0.1, 0.15) is 18.9 Å². The Bertz CT molecular complexity index is 492. The lowest BCUT2D eigenvalue weighted by Crippen LogP contribution is -2.24. The van der Waals surface area contributed by atoms with Crippen molar-refractivity contribution in [2.24, 2.45) is 5.92 Å². The van der Waals surface area contributed by atoms with Crippen LogP contribution in [0.15, 0.2) is 16.6 Å². The third kappa shape index (κ3) is 2.95. The number of aliphatic hydroxyl groups excluding tert-OH is 1. The molecule has 20 heavy (non-hydrogen) atoms. The average molecular weight is 342 g/mol. The van der Waals surface area contributed by atoms with E-state index >= 15 is 0 Å². The van der Waals surface area contributed by atoms with Gasteiger partial charge in [-0.1, -0.05) is 15.9 Å². The molecule has 1 aromatic rings. The summed E-state index contributed by atoms with van der Waals surface area (Å²) in [6, 6.07) is 4.06. The molecule has 4 nitrogen and oxygen atoms in total. The van der Waals surface area contributed by atoms with Gasteiger partial charge in [-0.05, 0) is 43.5 Å². The number of ether oxygens (including phenoxy) is 2. The van der Waals surface area contributed by atoms with Gasteiger partial charge in [0.1, 0.15) is 13.2 Å². The number of hydrogen-bond donors (Lipinski definition) is 1. The van der Waals surface area contributed by atoms with Crippen LogP contribution < -0.4 is 9.47 Å². The zero-order chi connectivity index (χ0) is 14.1. The fourth-order valence-electron chi connectivity index (χ4n) is 2.87. The molecular weight excluding hydrogens is 322 g/mol. The van der Waals surface area contributed by atoms with Crippen LogP contribution in [0.3, 0.4) is 0 Å². The van der Waals surface area contributed by atoms with Gasteiger partial charge in [-0.2, -0.15) is 0 Å². The van der Waals surface area contributed by atoms with Crippen LogP contribution in [-0.2, 0) is 6.54 Å². The van der Waals surface area contributed by atoms with Gasteiger partial charge in [-0.15, -0.1) is 0 Å². The molecule has 2 heterocycles. The van der Waals surface area contributed by atoms with E-state index < -0.39 is 0 Å². The first-order valence-corrected chi connectivity index (χ1v) is 7.91. The van der Waals surface area contributed by atoms with Gasteiger partial charge in [-0.3, -0.25) is 4.90 Å². The molecule has 1 fully saturated rings. The summed E-state index contributed by atoms with van der Waals surface area (Å²) in [6.45, 7) is 5.98. The molecule has 110 valence electrons. The zero-order valence-electron chi connectivity index (χ0n) is 11.6. The van der Waals surface area contributed by atoms with Crippen LogP contribution in [0, 0.1) is 5.92 Å². The van der Waals surface area contributed by atoms with Gasteiger partial charge in [0.25, 0.3) is 0 Å². The minimum atomic E-state index is -0.219. The molecule has 3 rings (SSSR count). The summed E-state index contributed by atoms with van der Waals surface area (Å²) in [5, 5.41) is 9.68. The first kappa shape index (κ1) is 14.2. The van der Waals surface area contributed by atoms with Gasteiger partial charge >= 0.3 is 0 Å². The Kier molecular flexibility index (Phi) is 4.19. The minimum absolute atomic E-state index is 0.219. The normalized spacial score (nSPS) is 23.9. The molecule has 0 saturated carbocycles. The van der Waals surface area contributed by atoms with E-state index in [2.05, 4.69) is 26.9 Å². The largest absolute Gasteiger partial charge is 0.486 e. The second-order valence-corrected chi connectivity index (χ2v) is 6.47. The molecule has 2 unspecified atom stereocenters. The van der Waals surface area contributed by atoms with Crippen molar-refractivity contribution in [2.75, 3.05) is 26.3 Å². The predicted molar refractivity (Wildman–Crippen MR) is 80.2 cm³/mol. The molecular formula is C15H20BrNO3. The highest BCUT2D eigenvalue weighted by molar-refractivity contribution is 9.10. The second kappa shape index (κ2) is 5.92. The lowest BCUT2D eigenvalue weighted by molar-refractivity contribution is 0.127. The highest BCUT2D eigenvalue weighted by Gasteiger charge is 2.26. The maximum atomic E-state index is 9.68. The van der Waals surface area contributed by atoms with Crippen LogP contribution in [0.4, 0.5) is 0 Å². The van der Waals surface area contributed by atoms with Gasteiger partial charge in [0.2, 0.25) is 0 Å². The lowest BCUT2D eigenvalue weighted by Gasteiger charge is -2.22. The van der Waals surface area contributed by atoms with Crippen molar-refractivity contribution in [3.8, 4) is 11.5 Å². The highest BCUT2D eigenvalue weighted by atomic mass is 79.9. The standard InChI is InChI=1S/C15H20BrNO3/c1-10(18)11-2-3-17(8-11)9-12-6-14-15(7-13(12)16)20-5-4-19-14/h6-7,10-11,18H,2-5,8-9H2,1H3. The monoisotopic (exact) mass is 341 g/mol. The topological polar surface area (TPSA) is 41.9 Å². The quantitative estimate of drug-likeness (QED) is 0.916. The fraction of sp³-hybridized carbons (Fsp3) is 0.600. The predicted octanol–water partition coefficient (Wildman–Crippen LogP) is 2.42. The summed E-state index contributed by atoms with van der Waals surface area (Å²) in [7, 11) is 0. The van der Waals surface area contributed by atoms with E-state index in [4.69, 9.17) is 9.47 Å². The van der Waals surface area contributed by atoms with E-state index in [1.165, 1.54) is 5.56 Å². The Hall–Kier alpha value is -0.780. The third-order valence-electron chi connectivity index (χ3n) is 4.10. The van der Waals surface area contributed by atoms with E-state index in [1.54, 1.807) is 0 Å². The molecule has 1 saturated heterocycles. The van der Waals surface area contributed by atoms with Crippen molar-refractivity contribution in [3.05, 3.63) is 22.2 Å². The lowest BCUT2D eigenvalue weighted by atomic mass is 10.0. The van der Waals surface area contributed by atoms with Crippen LogP contribution >= 0.6 is 15.9 Å². The summed E-state index contributed by atoms with van der Waals surface area (Å²) in [5.41, 5.74) is 1.21. The van der Waals surface area contributed by atoms with E-state index in [0.29, 0.717) is 19.1 Å². The SMILES string of the molecule is CC(O)C1CCN(Cc2cc3c(cc2Br)OCCO3)C1. The Morgan fingerprint density at radius 2 is 2.05 bits per heavy atom. The molecule has 0 radical (unpaired) electrons. The van der Waals surface area contributed by atoms with Crippen molar-refractivity contribution in [1.82, 2.24) is 4.90 Å². The summed E-state index contributed by atoms with van der Waals surface area (Å²) in [6.07, 6.45) is 0.850. The van der Waals surface area contributed by atoms with Crippen molar-refractivity contribution >= 4 is 15.9 Å². The fourth-order valence-corrected chi connectivity index (χ4v) is 3.32. The maximum Gasteiger partial charge on any atom is 0.162 e. The minimum Gasteiger partial charge on any atom is -0.486 e. The summed E-state index contributed by atoms with van der Waals surface area (Å²) in [5.74, 6) is 2.04. The van der Waals surface area contributed by atoms with E-state index in [9.17, 15) is 5.11 Å². The van der Waals surface area contributed by atoms with Gasteiger partial charge < -0.3 is 14.6 Å². The number of likely N-dealkylation sites (tertiary alicyclic amines) is 1. The smallest absolute Gasteiger partial charge is 0.162 e. The number of rotatable bonds is 3. The molecule has 0 spiro atoms. The number of fused-ring (bicyclic) bond motifs is 1. The van der Waals surface area contributed by atoms with Crippen molar-refractivity contribution in [3.63, 3.8) is 0 Å². The molecule has 2 atom stereocenters. The summed E-state index contributed by atoms with van der Waals surface area (Å²) < 4.78 is 12.3. The van der Waals surface area contributed by atoms with Crippen molar-refractivity contribution in [1.29, 1.82) is 0 Å². The van der Waals surface area contributed by atoms with Gasteiger partial charge in [0.05, 0.1) is 6.10 Å². The van der Waals surface area contributed by atoms with Crippen molar-refractivity contribution < 1.29 is 14.6 Å². The van der Waals surface area contributed by atoms with Crippen LogP contribution in [0.2, 0.25) is 0 Å². The Labute approximate surface area is 127 Å². The molecule has 0 aromatic heterocycles. The van der Waals surface area contributed by atoms with Crippen molar-refractivity contribution in [2.45, 2.75) is 26.0 Å². The van der Waals surface area contributed by atoms with E-state index in [-0.39, 0.29) is 6.10 Å². The number of benzene rings is 1. The van der Waals surface area contributed by atoms with Gasteiger partial charge in [-0.25, -0.2) is 0 Å². The highest BCUT2D eigenvalue weighted by Crippen LogP contribution is 2.36. The summed E-state index contributed by atoms with van der Waals surface area (Å²) >= 11 is 3.62. The first-order chi connectivity index (χ1) is 9.63. The Morgan fingerprint density at radius 1 is 1.35 bits per heavy atom. The first-order valence-electron chi connectivity index (χ1n) is 7.12. The van der Waals surface area contributed by atoms with Crippen LogP contribution in [-0.4, -0.2) is 42.4 Å². The van der Waals surface area contributed by atoms with Gasteiger partial charge in [0.15, 0.2) is 11.5 Å². The van der Waals surface area contributed by atoms with Crippen LogP contribution in [0.25, 0.3) is 0 Å². The summed E-state index contributed by atoms with van der Waals surface area (Å²) in [4.78, 5) is 2.38. The Morgan fingerprint density at radius 3 is 2.70 bits per heavy atom. The Balaban J connectivity index is 1.71. The van der Waals surface area contributed by atoms with E-state index in [1.807, 2.05) is 13.0 Å². The maximum absolute atomic E-state index is 9.68. The molecule has 0 bridgehead atoms. The molecule has 1 N–H and O–H groups in total. The molecule has 0 aliphatic carbocycles. The zero-order valence-corrected chi connectivity index (χ0v) is 13.2. The number of halogens is 1.